The van der Waals surface area contributed by atoms with Crippen LogP contribution in [0.2, 0.25) is 0 Å². The van der Waals surface area contributed by atoms with Crippen molar-refractivity contribution in [2.45, 2.75) is 39.5 Å². The fourth-order valence-corrected chi connectivity index (χ4v) is 2.83. The molecule has 2 saturated heterocycles. The van der Waals surface area contributed by atoms with Crippen LogP contribution < -0.4 is 5.32 Å². The van der Waals surface area contributed by atoms with Crippen LogP contribution in [0, 0.1) is 11.3 Å². The third-order valence-electron chi connectivity index (χ3n) is 4.18. The van der Waals surface area contributed by atoms with Crippen molar-refractivity contribution in [1.82, 2.24) is 10.2 Å². The molecule has 1 atom stereocenters. The lowest BCUT2D eigenvalue weighted by molar-refractivity contribution is -0.143. The van der Waals surface area contributed by atoms with Crippen LogP contribution in [-0.2, 0) is 4.79 Å². The summed E-state index contributed by atoms with van der Waals surface area (Å²) in [6.07, 6.45) is 4.53. The average molecular weight is 261 g/mol. The summed E-state index contributed by atoms with van der Waals surface area (Å²) >= 11 is 0. The SMILES string of the molecule is CC1CCN(C(=O)C2(C)CCCNC2)CC1.Cl. The number of hydrogen-bond acceptors (Lipinski definition) is 2. The number of nitrogens with one attached hydrogen (secondary N) is 1. The van der Waals surface area contributed by atoms with Gasteiger partial charge in [-0.3, -0.25) is 4.79 Å². The van der Waals surface area contributed by atoms with E-state index in [0.717, 1.165) is 44.9 Å². The average Bonchev–Trinajstić information content (AvgIpc) is 2.30. The monoisotopic (exact) mass is 260 g/mol. The van der Waals surface area contributed by atoms with Gasteiger partial charge in [0.15, 0.2) is 0 Å². The van der Waals surface area contributed by atoms with Gasteiger partial charge in [-0.15, -0.1) is 12.4 Å². The molecule has 100 valence electrons. The molecule has 2 aliphatic heterocycles. The highest BCUT2D eigenvalue weighted by molar-refractivity contribution is 5.85. The first-order chi connectivity index (χ1) is 7.62. The van der Waals surface area contributed by atoms with E-state index >= 15 is 0 Å². The molecule has 17 heavy (non-hydrogen) atoms. The predicted molar refractivity (Wildman–Crippen MR) is 72.4 cm³/mol. The standard InChI is InChI=1S/C13H24N2O.ClH/c1-11-4-8-15(9-5-11)12(16)13(2)6-3-7-14-10-13;/h11,14H,3-10H2,1-2H3;1H. The quantitative estimate of drug-likeness (QED) is 0.783. The normalized spacial score (nSPS) is 30.8. The number of piperidine rings is 2. The van der Waals surface area contributed by atoms with Crippen LogP contribution in [0.1, 0.15) is 39.5 Å². The fraction of sp³-hybridized carbons (Fsp3) is 0.923. The number of carbonyl (C=O) groups excluding carboxylic acids is 1. The second-order valence-electron chi connectivity index (χ2n) is 5.82. The van der Waals surface area contributed by atoms with E-state index in [-0.39, 0.29) is 17.8 Å². The lowest BCUT2D eigenvalue weighted by Gasteiger charge is -2.40. The van der Waals surface area contributed by atoms with Crippen molar-refractivity contribution in [3.63, 3.8) is 0 Å². The Hall–Kier alpha value is -0.280. The smallest absolute Gasteiger partial charge is 0.229 e. The molecule has 2 heterocycles. The first kappa shape index (κ1) is 14.8. The minimum absolute atomic E-state index is 0. The van der Waals surface area contributed by atoms with Gasteiger partial charge in [-0.2, -0.15) is 0 Å². The van der Waals surface area contributed by atoms with E-state index in [1.165, 1.54) is 12.8 Å². The second-order valence-corrected chi connectivity index (χ2v) is 5.82. The molecule has 1 amide bonds. The second kappa shape index (κ2) is 6.05. The van der Waals surface area contributed by atoms with Crippen LogP contribution in [0.3, 0.4) is 0 Å². The van der Waals surface area contributed by atoms with Gasteiger partial charge in [0.2, 0.25) is 5.91 Å². The zero-order valence-electron chi connectivity index (χ0n) is 11.0. The topological polar surface area (TPSA) is 32.3 Å². The summed E-state index contributed by atoms with van der Waals surface area (Å²) in [7, 11) is 0. The summed E-state index contributed by atoms with van der Waals surface area (Å²) in [6, 6.07) is 0. The molecule has 1 N–H and O–H groups in total. The number of rotatable bonds is 1. The van der Waals surface area contributed by atoms with E-state index in [9.17, 15) is 4.79 Å². The highest BCUT2D eigenvalue weighted by Gasteiger charge is 2.38. The zero-order valence-corrected chi connectivity index (χ0v) is 11.8. The van der Waals surface area contributed by atoms with Gasteiger partial charge in [0.25, 0.3) is 0 Å². The molecule has 0 radical (unpaired) electrons. The lowest BCUT2D eigenvalue weighted by atomic mass is 9.80. The molecule has 0 aliphatic carbocycles. The van der Waals surface area contributed by atoms with Crippen LogP contribution >= 0.6 is 12.4 Å². The Kier molecular flexibility index (Phi) is 5.26. The first-order valence-corrected chi connectivity index (χ1v) is 6.62. The van der Waals surface area contributed by atoms with Crippen LogP contribution in [0.15, 0.2) is 0 Å². The third kappa shape index (κ3) is 3.35. The van der Waals surface area contributed by atoms with Crippen molar-refractivity contribution in [3.8, 4) is 0 Å². The first-order valence-electron chi connectivity index (χ1n) is 6.62. The Morgan fingerprint density at radius 1 is 1.35 bits per heavy atom. The highest BCUT2D eigenvalue weighted by Crippen LogP contribution is 2.29. The van der Waals surface area contributed by atoms with Gasteiger partial charge < -0.3 is 10.2 Å². The van der Waals surface area contributed by atoms with Gasteiger partial charge in [-0.05, 0) is 45.1 Å². The minimum Gasteiger partial charge on any atom is -0.342 e. The maximum atomic E-state index is 12.5. The lowest BCUT2D eigenvalue weighted by Crippen LogP contribution is -2.52. The number of halogens is 1. The van der Waals surface area contributed by atoms with Gasteiger partial charge in [0, 0.05) is 19.6 Å². The summed E-state index contributed by atoms with van der Waals surface area (Å²) in [6.45, 7) is 8.27. The molecule has 0 spiro atoms. The van der Waals surface area contributed by atoms with E-state index in [1.807, 2.05) is 0 Å². The van der Waals surface area contributed by atoms with Gasteiger partial charge in [0.05, 0.1) is 5.41 Å². The van der Waals surface area contributed by atoms with E-state index in [2.05, 4.69) is 24.1 Å². The van der Waals surface area contributed by atoms with E-state index in [0.29, 0.717) is 5.91 Å². The Bertz CT molecular complexity index is 256. The van der Waals surface area contributed by atoms with Gasteiger partial charge in [-0.1, -0.05) is 6.92 Å². The van der Waals surface area contributed by atoms with Crippen LogP contribution in [-0.4, -0.2) is 37.0 Å². The number of hydrogen-bond donors (Lipinski definition) is 1. The van der Waals surface area contributed by atoms with E-state index < -0.39 is 0 Å². The summed E-state index contributed by atoms with van der Waals surface area (Å²) in [5.41, 5.74) is -0.140. The van der Waals surface area contributed by atoms with Crippen molar-refractivity contribution in [3.05, 3.63) is 0 Å². The van der Waals surface area contributed by atoms with E-state index in [4.69, 9.17) is 0 Å². The van der Waals surface area contributed by atoms with Crippen LogP contribution in [0.25, 0.3) is 0 Å². The number of amides is 1. The molecule has 0 saturated carbocycles. The maximum absolute atomic E-state index is 12.5. The minimum atomic E-state index is -0.140. The zero-order chi connectivity index (χ0) is 11.6. The highest BCUT2D eigenvalue weighted by atomic mass is 35.5. The Morgan fingerprint density at radius 3 is 2.53 bits per heavy atom. The van der Waals surface area contributed by atoms with Gasteiger partial charge in [0.1, 0.15) is 0 Å². The summed E-state index contributed by atoms with van der Waals surface area (Å²) in [4.78, 5) is 14.6. The molecule has 2 fully saturated rings. The Labute approximate surface area is 111 Å². The number of carbonyl (C=O) groups is 1. The van der Waals surface area contributed by atoms with Crippen molar-refractivity contribution in [2.24, 2.45) is 11.3 Å². The maximum Gasteiger partial charge on any atom is 0.229 e. The molecular weight excluding hydrogens is 236 g/mol. The molecule has 0 aromatic heterocycles. The number of nitrogens with zero attached hydrogens (tertiary/aromatic N) is 1. The molecule has 1 unspecified atom stereocenters. The third-order valence-corrected chi connectivity index (χ3v) is 4.18. The molecule has 0 aromatic carbocycles. The molecule has 2 aliphatic rings. The van der Waals surface area contributed by atoms with E-state index in [1.54, 1.807) is 0 Å². The Morgan fingerprint density at radius 2 is 2.00 bits per heavy atom. The van der Waals surface area contributed by atoms with Crippen molar-refractivity contribution >= 4 is 18.3 Å². The molecule has 0 bridgehead atoms. The molecule has 2 rings (SSSR count). The molecule has 3 nitrogen and oxygen atoms in total. The predicted octanol–water partition coefficient (Wildman–Crippen LogP) is 2.06. The van der Waals surface area contributed by atoms with Crippen molar-refractivity contribution < 1.29 is 4.79 Å². The van der Waals surface area contributed by atoms with Gasteiger partial charge in [-0.25, -0.2) is 0 Å². The Balaban J connectivity index is 0.00000144. The van der Waals surface area contributed by atoms with Crippen LogP contribution in [0.5, 0.6) is 0 Å². The fourth-order valence-electron chi connectivity index (χ4n) is 2.83. The molecule has 4 heteroatoms. The summed E-state index contributed by atoms with van der Waals surface area (Å²) in [5, 5.41) is 3.36. The summed E-state index contributed by atoms with van der Waals surface area (Å²) in [5.74, 6) is 1.17. The molecular formula is C13H25ClN2O. The summed E-state index contributed by atoms with van der Waals surface area (Å²) < 4.78 is 0. The molecule has 0 aromatic rings. The van der Waals surface area contributed by atoms with Crippen molar-refractivity contribution in [1.29, 1.82) is 0 Å². The van der Waals surface area contributed by atoms with Crippen molar-refractivity contribution in [2.75, 3.05) is 26.2 Å². The van der Waals surface area contributed by atoms with Gasteiger partial charge >= 0.3 is 0 Å². The van der Waals surface area contributed by atoms with Crippen LogP contribution in [0.4, 0.5) is 0 Å². The number of likely N-dealkylation sites (tertiary alicyclic amines) is 1. The largest absolute Gasteiger partial charge is 0.342 e.